The summed E-state index contributed by atoms with van der Waals surface area (Å²) in [6.45, 7) is 0. The highest BCUT2D eigenvalue weighted by Gasteiger charge is 2.26. The van der Waals surface area contributed by atoms with Crippen LogP contribution >= 0.6 is 0 Å². The molecule has 17 heavy (non-hydrogen) atoms. The second-order valence-corrected chi connectivity index (χ2v) is 4.69. The molecule has 86 valence electrons. The van der Waals surface area contributed by atoms with E-state index in [2.05, 4.69) is 42.5 Å². The molecule has 0 aliphatic heterocycles. The minimum atomic E-state index is -0.286. The van der Waals surface area contributed by atoms with Crippen LogP contribution in [0.2, 0.25) is 0 Å². The maximum Gasteiger partial charge on any atom is 0.0793 e. The van der Waals surface area contributed by atoms with Gasteiger partial charge in [-0.3, -0.25) is 0 Å². The van der Waals surface area contributed by atoms with Crippen molar-refractivity contribution in [2.45, 2.75) is 24.9 Å². The van der Waals surface area contributed by atoms with Crippen LogP contribution in [0.15, 0.2) is 54.6 Å². The minimum absolute atomic E-state index is 0.286. The Morgan fingerprint density at radius 1 is 0.765 bits per heavy atom. The Balaban J connectivity index is 2.07. The van der Waals surface area contributed by atoms with Crippen LogP contribution in [-0.2, 0) is 0 Å². The van der Waals surface area contributed by atoms with Gasteiger partial charge in [-0.2, -0.15) is 0 Å². The number of aliphatic hydroxyl groups is 1. The van der Waals surface area contributed by atoms with Crippen LogP contribution in [0.5, 0.6) is 0 Å². The molecule has 0 radical (unpaired) electrons. The average Bonchev–Trinajstić information content (AvgIpc) is 2.41. The van der Waals surface area contributed by atoms with Gasteiger partial charge in [0.1, 0.15) is 0 Å². The summed E-state index contributed by atoms with van der Waals surface area (Å²) < 4.78 is 0. The average molecular weight is 224 g/mol. The third-order valence-electron chi connectivity index (χ3n) is 3.66. The lowest BCUT2D eigenvalue weighted by Gasteiger charge is -2.29. The van der Waals surface area contributed by atoms with E-state index < -0.39 is 0 Å². The van der Waals surface area contributed by atoms with Crippen molar-refractivity contribution in [2.24, 2.45) is 0 Å². The van der Waals surface area contributed by atoms with Gasteiger partial charge in [-0.25, -0.2) is 0 Å². The van der Waals surface area contributed by atoms with Gasteiger partial charge in [-0.15, -0.1) is 0 Å². The summed E-state index contributed by atoms with van der Waals surface area (Å²) in [4.78, 5) is 0. The van der Waals surface area contributed by atoms with Crippen LogP contribution < -0.4 is 0 Å². The standard InChI is InChI=1S/C16H16O/c17-16-11-10-13(12-6-2-1-3-7-12)14-8-4-5-9-15(14)16/h1-9,13,16-17H,10-11H2/t13?,16-/m0/s1. The highest BCUT2D eigenvalue weighted by atomic mass is 16.3. The van der Waals surface area contributed by atoms with Crippen LogP contribution in [0.1, 0.15) is 41.6 Å². The number of benzene rings is 2. The van der Waals surface area contributed by atoms with Gasteiger partial charge in [0.05, 0.1) is 6.10 Å². The van der Waals surface area contributed by atoms with E-state index in [9.17, 15) is 5.11 Å². The predicted molar refractivity (Wildman–Crippen MR) is 68.9 cm³/mol. The fourth-order valence-electron chi connectivity index (χ4n) is 2.80. The van der Waals surface area contributed by atoms with Crippen LogP contribution in [0.4, 0.5) is 0 Å². The summed E-state index contributed by atoms with van der Waals surface area (Å²) in [6, 6.07) is 18.9. The molecule has 0 fully saturated rings. The Hall–Kier alpha value is -1.60. The normalized spacial score (nSPS) is 23.1. The fourth-order valence-corrected chi connectivity index (χ4v) is 2.80. The van der Waals surface area contributed by atoms with E-state index in [1.807, 2.05) is 12.1 Å². The SMILES string of the molecule is O[C@H]1CCC(c2ccccc2)c2ccccc21. The topological polar surface area (TPSA) is 20.2 Å². The van der Waals surface area contributed by atoms with Gasteiger partial charge in [-0.1, -0.05) is 54.6 Å². The number of fused-ring (bicyclic) bond motifs is 1. The minimum Gasteiger partial charge on any atom is -0.388 e. The monoisotopic (exact) mass is 224 g/mol. The third kappa shape index (κ3) is 1.87. The van der Waals surface area contributed by atoms with Crippen molar-refractivity contribution in [2.75, 3.05) is 0 Å². The van der Waals surface area contributed by atoms with E-state index in [0.717, 1.165) is 18.4 Å². The first-order valence-corrected chi connectivity index (χ1v) is 6.18. The van der Waals surface area contributed by atoms with Crippen molar-refractivity contribution in [1.29, 1.82) is 0 Å². The smallest absolute Gasteiger partial charge is 0.0793 e. The Bertz CT molecular complexity index is 504. The van der Waals surface area contributed by atoms with Crippen molar-refractivity contribution in [3.05, 3.63) is 71.3 Å². The number of hydrogen-bond donors (Lipinski definition) is 1. The maximum absolute atomic E-state index is 10.0. The van der Waals surface area contributed by atoms with Crippen LogP contribution in [-0.4, -0.2) is 5.11 Å². The van der Waals surface area contributed by atoms with Gasteiger partial charge in [0.15, 0.2) is 0 Å². The highest BCUT2D eigenvalue weighted by Crippen LogP contribution is 2.40. The summed E-state index contributed by atoms with van der Waals surface area (Å²) in [5, 5.41) is 10.0. The molecule has 2 atom stereocenters. The molecule has 1 aliphatic carbocycles. The molecule has 1 unspecified atom stereocenters. The highest BCUT2D eigenvalue weighted by molar-refractivity contribution is 5.40. The van der Waals surface area contributed by atoms with Crippen molar-refractivity contribution < 1.29 is 5.11 Å². The summed E-state index contributed by atoms with van der Waals surface area (Å²) in [7, 11) is 0. The quantitative estimate of drug-likeness (QED) is 0.784. The predicted octanol–water partition coefficient (Wildman–Crippen LogP) is 3.65. The van der Waals surface area contributed by atoms with E-state index in [1.54, 1.807) is 0 Å². The molecular formula is C16H16O. The van der Waals surface area contributed by atoms with Crippen LogP contribution in [0.25, 0.3) is 0 Å². The van der Waals surface area contributed by atoms with E-state index in [-0.39, 0.29) is 6.10 Å². The molecule has 3 rings (SSSR count). The van der Waals surface area contributed by atoms with Gasteiger partial charge in [-0.05, 0) is 29.5 Å². The number of aliphatic hydroxyl groups excluding tert-OH is 1. The first-order chi connectivity index (χ1) is 8.36. The van der Waals surface area contributed by atoms with Crippen molar-refractivity contribution in [3.63, 3.8) is 0 Å². The lowest BCUT2D eigenvalue weighted by atomic mass is 9.78. The second-order valence-electron chi connectivity index (χ2n) is 4.69. The molecule has 0 bridgehead atoms. The Morgan fingerprint density at radius 2 is 1.41 bits per heavy atom. The first-order valence-electron chi connectivity index (χ1n) is 6.18. The van der Waals surface area contributed by atoms with Gasteiger partial charge >= 0.3 is 0 Å². The summed E-state index contributed by atoms with van der Waals surface area (Å²) in [5.41, 5.74) is 3.75. The second kappa shape index (κ2) is 4.34. The molecule has 0 saturated heterocycles. The molecule has 0 spiro atoms. The van der Waals surface area contributed by atoms with E-state index in [0.29, 0.717) is 5.92 Å². The lowest BCUT2D eigenvalue weighted by molar-refractivity contribution is 0.153. The Labute approximate surface area is 102 Å². The number of hydrogen-bond acceptors (Lipinski definition) is 1. The maximum atomic E-state index is 10.0. The molecule has 2 aromatic rings. The summed E-state index contributed by atoms with van der Waals surface area (Å²) >= 11 is 0. The third-order valence-corrected chi connectivity index (χ3v) is 3.66. The Kier molecular flexibility index (Phi) is 2.69. The van der Waals surface area contributed by atoms with Crippen LogP contribution in [0.3, 0.4) is 0 Å². The zero-order valence-electron chi connectivity index (χ0n) is 9.71. The molecular weight excluding hydrogens is 208 g/mol. The molecule has 0 heterocycles. The first kappa shape index (κ1) is 10.5. The molecule has 0 amide bonds. The molecule has 1 heteroatoms. The van der Waals surface area contributed by atoms with Crippen molar-refractivity contribution in [1.82, 2.24) is 0 Å². The number of rotatable bonds is 1. The zero-order valence-corrected chi connectivity index (χ0v) is 9.71. The molecule has 2 aromatic carbocycles. The zero-order chi connectivity index (χ0) is 11.7. The van der Waals surface area contributed by atoms with E-state index in [4.69, 9.17) is 0 Å². The summed E-state index contributed by atoms with van der Waals surface area (Å²) in [6.07, 6.45) is 1.60. The fraction of sp³-hybridized carbons (Fsp3) is 0.250. The summed E-state index contributed by atoms with van der Waals surface area (Å²) in [5.74, 6) is 0.441. The van der Waals surface area contributed by atoms with Crippen LogP contribution in [0, 0.1) is 0 Å². The van der Waals surface area contributed by atoms with Gasteiger partial charge in [0.2, 0.25) is 0 Å². The van der Waals surface area contributed by atoms with Gasteiger partial charge in [0.25, 0.3) is 0 Å². The van der Waals surface area contributed by atoms with Crippen molar-refractivity contribution in [3.8, 4) is 0 Å². The molecule has 0 saturated carbocycles. The lowest BCUT2D eigenvalue weighted by Crippen LogP contribution is -2.14. The molecule has 1 aliphatic rings. The molecule has 1 N–H and O–H groups in total. The molecule has 0 aromatic heterocycles. The van der Waals surface area contributed by atoms with Gasteiger partial charge < -0.3 is 5.11 Å². The molecule has 1 nitrogen and oxygen atoms in total. The largest absolute Gasteiger partial charge is 0.388 e. The van der Waals surface area contributed by atoms with Crippen molar-refractivity contribution >= 4 is 0 Å². The van der Waals surface area contributed by atoms with E-state index in [1.165, 1.54) is 11.1 Å². The van der Waals surface area contributed by atoms with E-state index >= 15 is 0 Å². The Morgan fingerprint density at radius 3 is 2.18 bits per heavy atom. The van der Waals surface area contributed by atoms with Gasteiger partial charge in [0, 0.05) is 5.92 Å².